The molecule has 0 radical (unpaired) electrons. The molecule has 30 heavy (non-hydrogen) atoms. The molecule has 0 aromatic carbocycles. The average molecular weight is 450 g/mol. The van der Waals surface area contributed by atoms with Crippen LogP contribution in [0, 0.1) is 17.2 Å². The van der Waals surface area contributed by atoms with E-state index < -0.39 is 48.2 Å². The summed E-state index contributed by atoms with van der Waals surface area (Å²) in [6, 6.07) is 2.76. The molecule has 2 aromatic rings. The molecule has 162 valence electrons. The van der Waals surface area contributed by atoms with Crippen LogP contribution in [0.25, 0.3) is 5.65 Å². The zero-order valence-electron chi connectivity index (χ0n) is 15.8. The van der Waals surface area contributed by atoms with E-state index in [0.717, 1.165) is 10.5 Å². The summed E-state index contributed by atoms with van der Waals surface area (Å²) in [5, 5.41) is 9.19. The number of halogens is 6. The van der Waals surface area contributed by atoms with Crippen molar-refractivity contribution in [1.29, 1.82) is 5.26 Å². The van der Waals surface area contributed by atoms with Crippen LogP contribution < -0.4 is 0 Å². The van der Waals surface area contributed by atoms with Crippen molar-refractivity contribution in [3.8, 4) is 6.07 Å². The smallest absolute Gasteiger partial charge is 0.435 e. The van der Waals surface area contributed by atoms with E-state index in [4.69, 9.17) is 16.3 Å². The zero-order chi connectivity index (χ0) is 22.3. The number of ether oxygens (including phenoxy) is 1. The number of fused-ring (bicyclic) bond motifs is 1. The van der Waals surface area contributed by atoms with Crippen LogP contribution in [0.2, 0.25) is 5.02 Å². The van der Waals surface area contributed by atoms with E-state index in [2.05, 4.69) is 4.98 Å². The Kier molecular flexibility index (Phi) is 5.96. The Labute approximate surface area is 173 Å². The highest BCUT2D eigenvalue weighted by molar-refractivity contribution is 6.34. The van der Waals surface area contributed by atoms with Gasteiger partial charge in [0.1, 0.15) is 17.4 Å². The van der Waals surface area contributed by atoms with Crippen molar-refractivity contribution in [1.82, 2.24) is 9.38 Å². The van der Waals surface area contributed by atoms with Crippen molar-refractivity contribution in [2.45, 2.75) is 51.1 Å². The van der Waals surface area contributed by atoms with Crippen molar-refractivity contribution in [3.63, 3.8) is 0 Å². The summed E-state index contributed by atoms with van der Waals surface area (Å²) >= 11 is 6.14. The van der Waals surface area contributed by atoms with Crippen LogP contribution in [0.1, 0.15) is 60.0 Å². The molecule has 0 bridgehead atoms. The SMILES string of the molecule is CCOC(=O)c1cc2nc(C(F)(F)F)c(CC3CCC(F)(F)CC3)n2c(C#N)c1Cl. The number of pyridine rings is 1. The maximum Gasteiger partial charge on any atom is 0.435 e. The van der Waals surface area contributed by atoms with Crippen LogP contribution in [-0.4, -0.2) is 27.9 Å². The van der Waals surface area contributed by atoms with Crippen LogP contribution in [0.4, 0.5) is 22.0 Å². The molecule has 0 spiro atoms. The Morgan fingerprint density at radius 3 is 2.57 bits per heavy atom. The number of carbonyl (C=O) groups excluding carboxylic acids is 1. The fourth-order valence-electron chi connectivity index (χ4n) is 3.69. The predicted molar refractivity (Wildman–Crippen MR) is 96.5 cm³/mol. The molecule has 0 amide bonds. The largest absolute Gasteiger partial charge is 0.462 e. The van der Waals surface area contributed by atoms with E-state index in [9.17, 15) is 32.0 Å². The summed E-state index contributed by atoms with van der Waals surface area (Å²) in [6.45, 7) is 1.54. The highest BCUT2D eigenvalue weighted by atomic mass is 35.5. The minimum absolute atomic E-state index is 0.00202. The third-order valence-electron chi connectivity index (χ3n) is 5.13. The highest BCUT2D eigenvalue weighted by Crippen LogP contribution is 2.40. The van der Waals surface area contributed by atoms with Crippen LogP contribution in [0.5, 0.6) is 0 Å². The molecular formula is C19H17ClF5N3O2. The topological polar surface area (TPSA) is 67.4 Å². The lowest BCUT2D eigenvalue weighted by atomic mass is 9.83. The summed E-state index contributed by atoms with van der Waals surface area (Å²) in [7, 11) is 0. The Hall–Kier alpha value is -2.41. The normalized spacial score (nSPS) is 17.1. The number of hydrogen-bond donors (Lipinski definition) is 0. The van der Waals surface area contributed by atoms with Gasteiger partial charge in [0.05, 0.1) is 22.9 Å². The number of esters is 1. The summed E-state index contributed by atoms with van der Waals surface area (Å²) in [5.74, 6) is -4.15. The van der Waals surface area contributed by atoms with Gasteiger partial charge in [-0.25, -0.2) is 18.6 Å². The molecule has 1 fully saturated rings. The van der Waals surface area contributed by atoms with Gasteiger partial charge in [-0.3, -0.25) is 4.40 Å². The molecule has 0 atom stereocenters. The Balaban J connectivity index is 2.16. The minimum atomic E-state index is -4.84. The Bertz CT molecular complexity index is 1020. The molecule has 2 heterocycles. The first-order valence-corrected chi connectivity index (χ1v) is 9.62. The summed E-state index contributed by atoms with van der Waals surface area (Å²) in [4.78, 5) is 15.7. The number of rotatable bonds is 4. The van der Waals surface area contributed by atoms with E-state index >= 15 is 0 Å². The van der Waals surface area contributed by atoms with E-state index in [1.807, 2.05) is 0 Å². The fourth-order valence-corrected chi connectivity index (χ4v) is 3.95. The summed E-state index contributed by atoms with van der Waals surface area (Å²) in [5.41, 5.74) is -2.51. The Morgan fingerprint density at radius 1 is 1.40 bits per heavy atom. The number of alkyl halides is 5. The van der Waals surface area contributed by atoms with Gasteiger partial charge in [0.25, 0.3) is 0 Å². The van der Waals surface area contributed by atoms with Crippen molar-refractivity contribution in [3.05, 3.63) is 33.7 Å². The fraction of sp³-hybridized carbons (Fsp3) is 0.526. The van der Waals surface area contributed by atoms with Gasteiger partial charge in [-0.15, -0.1) is 0 Å². The van der Waals surface area contributed by atoms with Gasteiger partial charge in [0.15, 0.2) is 5.69 Å². The summed E-state index contributed by atoms with van der Waals surface area (Å²) < 4.78 is 73.7. The van der Waals surface area contributed by atoms with Gasteiger partial charge < -0.3 is 4.74 Å². The first-order valence-electron chi connectivity index (χ1n) is 9.24. The lowest BCUT2D eigenvalue weighted by Gasteiger charge is -2.28. The van der Waals surface area contributed by atoms with Crippen molar-refractivity contribution in [2.75, 3.05) is 6.61 Å². The first kappa shape index (κ1) is 22.3. The third-order valence-corrected chi connectivity index (χ3v) is 5.51. The number of aromatic nitrogens is 2. The van der Waals surface area contributed by atoms with Crippen molar-refractivity contribution in [2.24, 2.45) is 5.92 Å². The quantitative estimate of drug-likeness (QED) is 0.461. The highest BCUT2D eigenvalue weighted by Gasteiger charge is 2.41. The number of imidazole rings is 1. The van der Waals surface area contributed by atoms with Crippen molar-refractivity contribution >= 4 is 23.2 Å². The molecule has 11 heteroatoms. The van der Waals surface area contributed by atoms with E-state index in [1.54, 1.807) is 13.0 Å². The molecular weight excluding hydrogens is 433 g/mol. The first-order chi connectivity index (χ1) is 14.0. The number of hydrogen-bond acceptors (Lipinski definition) is 4. The lowest BCUT2D eigenvalue weighted by molar-refractivity contribution is -0.141. The molecule has 5 nitrogen and oxygen atoms in total. The molecule has 0 unspecified atom stereocenters. The molecule has 0 N–H and O–H groups in total. The van der Waals surface area contributed by atoms with Crippen LogP contribution in [-0.2, 0) is 17.3 Å². The second-order valence-corrected chi connectivity index (χ2v) is 7.53. The lowest BCUT2D eigenvalue weighted by Crippen LogP contribution is -2.26. The number of nitriles is 1. The zero-order valence-corrected chi connectivity index (χ0v) is 16.6. The Morgan fingerprint density at radius 2 is 2.03 bits per heavy atom. The number of nitrogens with zero attached hydrogens (tertiary/aromatic N) is 3. The van der Waals surface area contributed by atoms with Crippen LogP contribution in [0.3, 0.4) is 0 Å². The van der Waals surface area contributed by atoms with Gasteiger partial charge in [-0.05, 0) is 38.2 Å². The molecule has 1 aliphatic rings. The van der Waals surface area contributed by atoms with Gasteiger partial charge in [-0.1, -0.05) is 11.6 Å². The van der Waals surface area contributed by atoms with Gasteiger partial charge in [-0.2, -0.15) is 18.4 Å². The monoisotopic (exact) mass is 449 g/mol. The molecule has 3 rings (SSSR count). The summed E-state index contributed by atoms with van der Waals surface area (Å²) in [6.07, 6.45) is -5.76. The maximum absolute atomic E-state index is 13.7. The second kappa shape index (κ2) is 8.02. The molecule has 0 saturated heterocycles. The second-order valence-electron chi connectivity index (χ2n) is 7.15. The van der Waals surface area contributed by atoms with Crippen LogP contribution >= 0.6 is 11.6 Å². The number of carbonyl (C=O) groups is 1. The standard InChI is InChI=1S/C19H17ClF5N3O2/c1-2-30-17(29)11-8-14-27-16(19(23,24)25)12(28(14)13(9-26)15(11)20)7-10-3-5-18(21,22)6-4-10/h8,10H,2-7H2,1H3. The molecule has 2 aromatic heterocycles. The predicted octanol–water partition coefficient (Wildman–Crippen LogP) is 5.42. The average Bonchev–Trinajstić information content (AvgIpc) is 3.01. The minimum Gasteiger partial charge on any atom is -0.462 e. The molecule has 1 aliphatic carbocycles. The van der Waals surface area contributed by atoms with Gasteiger partial charge >= 0.3 is 12.1 Å². The molecule has 0 aliphatic heterocycles. The van der Waals surface area contributed by atoms with Gasteiger partial charge in [0, 0.05) is 12.8 Å². The van der Waals surface area contributed by atoms with Gasteiger partial charge in [0.2, 0.25) is 5.92 Å². The van der Waals surface area contributed by atoms with Crippen molar-refractivity contribution < 1.29 is 31.5 Å². The third kappa shape index (κ3) is 4.21. The van der Waals surface area contributed by atoms with E-state index in [-0.39, 0.29) is 47.8 Å². The van der Waals surface area contributed by atoms with E-state index in [1.165, 1.54) is 0 Å². The van der Waals surface area contributed by atoms with Crippen LogP contribution in [0.15, 0.2) is 6.07 Å². The maximum atomic E-state index is 13.7. The van der Waals surface area contributed by atoms with E-state index in [0.29, 0.717) is 0 Å². The molecule has 1 saturated carbocycles.